The summed E-state index contributed by atoms with van der Waals surface area (Å²) in [6, 6.07) is 5.41. The van der Waals surface area contributed by atoms with E-state index in [0.717, 1.165) is 52.2 Å². The Bertz CT molecular complexity index is 1090. The molecule has 1 aromatic carbocycles. The molecule has 28 heavy (non-hydrogen) atoms. The summed E-state index contributed by atoms with van der Waals surface area (Å²) in [6.45, 7) is 3.86. The van der Waals surface area contributed by atoms with E-state index in [2.05, 4.69) is 15.5 Å². The molecule has 1 aliphatic rings. The first-order valence-corrected chi connectivity index (χ1v) is 10.1. The number of hydrogen-bond acceptors (Lipinski definition) is 7. The molecule has 0 spiro atoms. The number of benzene rings is 1. The van der Waals surface area contributed by atoms with Gasteiger partial charge in [-0.15, -0.1) is 10.2 Å². The molecule has 1 amide bonds. The van der Waals surface area contributed by atoms with Crippen molar-refractivity contribution in [3.63, 3.8) is 0 Å². The van der Waals surface area contributed by atoms with Crippen molar-refractivity contribution in [2.24, 2.45) is 0 Å². The number of rotatable bonds is 5. The fraction of sp³-hybridized carbons (Fsp3) is 0.400. The molecule has 0 radical (unpaired) electrons. The molecule has 0 saturated heterocycles. The molecule has 8 heteroatoms. The molecule has 1 N–H and O–H groups in total. The first-order chi connectivity index (χ1) is 13.5. The normalized spacial score (nSPS) is 14.5. The number of nitrogens with zero attached hydrogens (tertiary/aromatic N) is 2. The van der Waals surface area contributed by atoms with Gasteiger partial charge in [0.25, 0.3) is 5.91 Å². The number of fused-ring (bicyclic) bond motifs is 3. The van der Waals surface area contributed by atoms with Crippen molar-refractivity contribution in [2.75, 3.05) is 0 Å². The van der Waals surface area contributed by atoms with E-state index in [4.69, 9.17) is 9.15 Å². The molecule has 146 valence electrons. The fourth-order valence-electron chi connectivity index (χ4n) is 3.47. The van der Waals surface area contributed by atoms with Gasteiger partial charge in [-0.25, -0.2) is 4.79 Å². The van der Waals surface area contributed by atoms with Gasteiger partial charge in [0.05, 0.1) is 6.54 Å². The Balaban J connectivity index is 1.48. The van der Waals surface area contributed by atoms with Gasteiger partial charge in [-0.2, -0.15) is 0 Å². The lowest BCUT2D eigenvalue weighted by Crippen LogP contribution is -2.35. The Morgan fingerprint density at radius 3 is 2.82 bits per heavy atom. The van der Waals surface area contributed by atoms with E-state index < -0.39 is 6.10 Å². The molecular formula is C20H21N3O4S. The lowest BCUT2D eigenvalue weighted by atomic mass is 9.91. The smallest absolute Gasteiger partial charge is 0.339 e. The molecule has 1 unspecified atom stereocenters. The van der Waals surface area contributed by atoms with Crippen molar-refractivity contribution >= 4 is 28.2 Å². The number of nitrogens with one attached hydrogen (secondary N) is 1. The Morgan fingerprint density at radius 1 is 1.29 bits per heavy atom. The average molecular weight is 399 g/mol. The third-order valence-corrected chi connectivity index (χ3v) is 5.70. The predicted molar refractivity (Wildman–Crippen MR) is 106 cm³/mol. The molecule has 0 fully saturated rings. The highest BCUT2D eigenvalue weighted by atomic mass is 32.1. The summed E-state index contributed by atoms with van der Waals surface area (Å²) in [6.07, 6.45) is 3.07. The number of amides is 1. The van der Waals surface area contributed by atoms with Crippen LogP contribution in [0.5, 0.6) is 5.75 Å². The van der Waals surface area contributed by atoms with Crippen molar-refractivity contribution in [3.8, 4) is 5.75 Å². The first kappa shape index (κ1) is 18.6. The van der Waals surface area contributed by atoms with Crippen LogP contribution in [0.4, 0.5) is 0 Å². The minimum atomic E-state index is -0.698. The second-order valence-electron chi connectivity index (χ2n) is 6.90. The maximum atomic E-state index is 12.3. The third-order valence-electron chi connectivity index (χ3n) is 4.86. The van der Waals surface area contributed by atoms with Crippen LogP contribution in [0.2, 0.25) is 0 Å². The lowest BCUT2D eigenvalue weighted by molar-refractivity contribution is -0.127. The number of carbonyl (C=O) groups excluding carboxylic acids is 1. The monoisotopic (exact) mass is 399 g/mol. The number of ether oxygens (including phenoxy) is 1. The number of carbonyl (C=O) groups is 1. The van der Waals surface area contributed by atoms with Gasteiger partial charge >= 0.3 is 5.63 Å². The van der Waals surface area contributed by atoms with Crippen molar-refractivity contribution in [3.05, 3.63) is 49.8 Å². The van der Waals surface area contributed by atoms with Gasteiger partial charge in [0.15, 0.2) is 6.10 Å². The van der Waals surface area contributed by atoms with Gasteiger partial charge in [0, 0.05) is 17.0 Å². The lowest BCUT2D eigenvalue weighted by Gasteiger charge is -2.17. The van der Waals surface area contributed by atoms with E-state index in [1.54, 1.807) is 13.0 Å². The third kappa shape index (κ3) is 3.77. The van der Waals surface area contributed by atoms with Crippen molar-refractivity contribution in [1.82, 2.24) is 15.5 Å². The molecule has 1 aliphatic carbocycles. The van der Waals surface area contributed by atoms with Crippen LogP contribution in [-0.2, 0) is 24.2 Å². The highest BCUT2D eigenvalue weighted by Gasteiger charge is 2.19. The van der Waals surface area contributed by atoms with E-state index in [1.165, 1.54) is 11.3 Å². The van der Waals surface area contributed by atoms with E-state index in [-0.39, 0.29) is 11.5 Å². The summed E-state index contributed by atoms with van der Waals surface area (Å²) in [5.74, 6) is 0.237. The zero-order chi connectivity index (χ0) is 19.7. The van der Waals surface area contributed by atoms with Gasteiger partial charge in [-0.05, 0) is 57.2 Å². The van der Waals surface area contributed by atoms with E-state index >= 15 is 0 Å². The molecule has 0 aliphatic heterocycles. The summed E-state index contributed by atoms with van der Waals surface area (Å²) >= 11 is 1.44. The molecule has 3 aromatic rings. The number of hydrogen-bond donors (Lipinski definition) is 1. The standard InChI is InChI=1S/C20H21N3O4S/c1-11(19(24)21-10-18-23-22-12(2)28-18)26-13-7-8-15-14-5-3-4-6-16(14)20(25)27-17(15)9-13/h7-9,11H,3-6,10H2,1-2H3,(H,21,24). The summed E-state index contributed by atoms with van der Waals surface area (Å²) in [5, 5.41) is 13.2. The van der Waals surface area contributed by atoms with Gasteiger partial charge < -0.3 is 14.5 Å². The van der Waals surface area contributed by atoms with Gasteiger partial charge in [-0.3, -0.25) is 4.79 Å². The highest BCUT2D eigenvalue weighted by molar-refractivity contribution is 7.11. The van der Waals surface area contributed by atoms with Crippen LogP contribution in [0.3, 0.4) is 0 Å². The molecule has 0 saturated carbocycles. The molecule has 0 bridgehead atoms. The van der Waals surface area contributed by atoms with Crippen LogP contribution in [-0.4, -0.2) is 22.2 Å². The van der Waals surface area contributed by atoms with Crippen LogP contribution in [0.15, 0.2) is 27.4 Å². The SMILES string of the molecule is Cc1nnc(CNC(=O)C(C)Oc2ccc3c4c(c(=O)oc3c2)CCCC4)s1. The Kier molecular flexibility index (Phi) is 5.13. The van der Waals surface area contributed by atoms with Crippen molar-refractivity contribution in [1.29, 1.82) is 0 Å². The van der Waals surface area contributed by atoms with Crippen LogP contribution in [0.25, 0.3) is 11.0 Å². The van der Waals surface area contributed by atoms with Crippen LogP contribution in [0, 0.1) is 6.92 Å². The summed E-state index contributed by atoms with van der Waals surface area (Å²) in [4.78, 5) is 24.5. The highest BCUT2D eigenvalue weighted by Crippen LogP contribution is 2.29. The van der Waals surface area contributed by atoms with Crippen molar-refractivity contribution < 1.29 is 13.9 Å². The zero-order valence-electron chi connectivity index (χ0n) is 15.8. The van der Waals surface area contributed by atoms with Crippen molar-refractivity contribution in [2.45, 2.75) is 52.2 Å². The van der Waals surface area contributed by atoms with E-state index in [0.29, 0.717) is 17.9 Å². The molecule has 4 rings (SSSR count). The van der Waals surface area contributed by atoms with Crippen LogP contribution >= 0.6 is 11.3 Å². The van der Waals surface area contributed by atoms with Gasteiger partial charge in [0.2, 0.25) is 0 Å². The number of aryl methyl sites for hydroxylation is 2. The molecular weight excluding hydrogens is 378 g/mol. The van der Waals surface area contributed by atoms with Crippen LogP contribution < -0.4 is 15.7 Å². The minimum Gasteiger partial charge on any atom is -0.481 e. The second-order valence-corrected chi connectivity index (χ2v) is 8.17. The molecule has 1 atom stereocenters. The predicted octanol–water partition coefficient (Wildman–Crippen LogP) is 2.92. The topological polar surface area (TPSA) is 94.3 Å². The van der Waals surface area contributed by atoms with E-state index in [1.807, 2.05) is 19.1 Å². The number of aromatic nitrogens is 2. The average Bonchev–Trinajstić information content (AvgIpc) is 3.11. The summed E-state index contributed by atoms with van der Waals surface area (Å²) < 4.78 is 11.3. The van der Waals surface area contributed by atoms with Crippen LogP contribution in [0.1, 0.15) is 40.9 Å². The molecule has 7 nitrogen and oxygen atoms in total. The quantitative estimate of drug-likeness (QED) is 0.663. The molecule has 2 aromatic heterocycles. The van der Waals surface area contributed by atoms with E-state index in [9.17, 15) is 9.59 Å². The first-order valence-electron chi connectivity index (χ1n) is 9.33. The zero-order valence-corrected chi connectivity index (χ0v) is 16.6. The largest absolute Gasteiger partial charge is 0.481 e. The Morgan fingerprint density at radius 2 is 2.07 bits per heavy atom. The maximum Gasteiger partial charge on any atom is 0.339 e. The van der Waals surface area contributed by atoms with Gasteiger partial charge in [0.1, 0.15) is 21.3 Å². The second kappa shape index (κ2) is 7.71. The minimum absolute atomic E-state index is 0.250. The summed E-state index contributed by atoms with van der Waals surface area (Å²) in [7, 11) is 0. The van der Waals surface area contributed by atoms with Gasteiger partial charge in [-0.1, -0.05) is 11.3 Å². The molecule has 2 heterocycles. The Labute approximate surface area is 165 Å². The maximum absolute atomic E-state index is 12.3. The Hall–Kier alpha value is -2.74. The summed E-state index contributed by atoms with van der Waals surface area (Å²) in [5.41, 5.74) is 2.12. The fourth-order valence-corrected chi connectivity index (χ4v) is 4.12.